The van der Waals surface area contributed by atoms with Gasteiger partial charge >= 0.3 is 0 Å². The Kier molecular flexibility index (Phi) is 7.29. The molecule has 4 rings (SSSR count). The molecule has 0 bridgehead atoms. The Morgan fingerprint density at radius 1 is 0.909 bits per heavy atom. The first kappa shape index (κ1) is 22.5. The van der Waals surface area contributed by atoms with Crippen molar-refractivity contribution in [2.75, 3.05) is 44.8 Å². The Labute approximate surface area is 194 Å². The number of benzene rings is 2. The third-order valence-electron chi connectivity index (χ3n) is 5.63. The highest BCUT2D eigenvalue weighted by Gasteiger charge is 2.24. The van der Waals surface area contributed by atoms with Gasteiger partial charge in [-0.15, -0.1) is 0 Å². The van der Waals surface area contributed by atoms with Gasteiger partial charge in [-0.2, -0.15) is 0 Å². The van der Waals surface area contributed by atoms with Crippen molar-refractivity contribution in [3.63, 3.8) is 0 Å². The maximum absolute atomic E-state index is 13.2. The van der Waals surface area contributed by atoms with Crippen LogP contribution in [0, 0.1) is 0 Å². The number of aromatic nitrogens is 1. The Hall–Kier alpha value is -3.74. The van der Waals surface area contributed by atoms with Crippen molar-refractivity contribution in [3.05, 3.63) is 78.1 Å². The zero-order chi connectivity index (χ0) is 23.0. The van der Waals surface area contributed by atoms with Gasteiger partial charge in [-0.05, 0) is 55.0 Å². The monoisotopic (exact) mass is 447 g/mol. The van der Waals surface area contributed by atoms with Crippen LogP contribution in [0.5, 0.6) is 17.2 Å². The Bertz CT molecular complexity index is 1070. The van der Waals surface area contributed by atoms with Crippen LogP contribution >= 0.6 is 0 Å². The van der Waals surface area contributed by atoms with Crippen LogP contribution in [-0.2, 0) is 6.61 Å². The van der Waals surface area contributed by atoms with E-state index in [0.717, 1.165) is 30.1 Å². The second-order valence-electron chi connectivity index (χ2n) is 7.69. The predicted molar refractivity (Wildman–Crippen MR) is 127 cm³/mol. The summed E-state index contributed by atoms with van der Waals surface area (Å²) in [5.41, 5.74) is 2.67. The molecule has 7 heteroatoms. The number of para-hydroxylation sites is 2. The molecule has 0 saturated carbocycles. The zero-order valence-electron chi connectivity index (χ0n) is 19.1. The first-order valence-electron chi connectivity index (χ1n) is 11.2. The van der Waals surface area contributed by atoms with Crippen molar-refractivity contribution in [3.8, 4) is 17.2 Å². The molecule has 0 unspecified atom stereocenters. The quantitative estimate of drug-likeness (QED) is 0.520. The van der Waals surface area contributed by atoms with Gasteiger partial charge in [-0.25, -0.2) is 0 Å². The third kappa shape index (κ3) is 5.37. The maximum atomic E-state index is 13.2. The molecule has 33 heavy (non-hydrogen) atoms. The van der Waals surface area contributed by atoms with Crippen molar-refractivity contribution in [1.82, 2.24) is 9.88 Å². The fourth-order valence-electron chi connectivity index (χ4n) is 3.89. The predicted octanol–water partition coefficient (Wildman–Crippen LogP) is 4.03. The fraction of sp³-hybridized carbons (Fsp3) is 0.308. The van der Waals surface area contributed by atoms with Crippen molar-refractivity contribution in [2.24, 2.45) is 0 Å². The lowest BCUT2D eigenvalue weighted by atomic mass is 10.1. The second kappa shape index (κ2) is 10.7. The molecule has 1 aliphatic heterocycles. The van der Waals surface area contributed by atoms with Crippen molar-refractivity contribution in [2.45, 2.75) is 13.5 Å². The van der Waals surface area contributed by atoms with E-state index in [0.29, 0.717) is 43.4 Å². The van der Waals surface area contributed by atoms with Crippen molar-refractivity contribution in [1.29, 1.82) is 0 Å². The molecule has 0 radical (unpaired) electrons. The van der Waals surface area contributed by atoms with E-state index in [-0.39, 0.29) is 5.91 Å². The van der Waals surface area contributed by atoms with Crippen molar-refractivity contribution >= 4 is 11.6 Å². The van der Waals surface area contributed by atoms with Crippen molar-refractivity contribution < 1.29 is 19.0 Å². The van der Waals surface area contributed by atoms with E-state index in [4.69, 9.17) is 14.2 Å². The number of hydrogen-bond donors (Lipinski definition) is 0. The summed E-state index contributed by atoms with van der Waals surface area (Å²) in [6.07, 6.45) is 3.47. The van der Waals surface area contributed by atoms with Gasteiger partial charge in [0.1, 0.15) is 12.4 Å². The Balaban J connectivity index is 1.42. The van der Waals surface area contributed by atoms with Crippen LogP contribution in [0.1, 0.15) is 22.8 Å². The molecule has 7 nitrogen and oxygen atoms in total. The number of ether oxygens (including phenoxy) is 3. The lowest BCUT2D eigenvalue weighted by molar-refractivity contribution is 0.0746. The highest BCUT2D eigenvalue weighted by atomic mass is 16.5. The molecule has 1 aromatic heterocycles. The number of pyridine rings is 1. The van der Waals surface area contributed by atoms with E-state index in [1.165, 1.54) is 0 Å². The average molecular weight is 448 g/mol. The van der Waals surface area contributed by atoms with E-state index in [1.807, 2.05) is 48.2 Å². The van der Waals surface area contributed by atoms with Gasteiger partial charge in [0, 0.05) is 44.1 Å². The van der Waals surface area contributed by atoms with Crippen LogP contribution in [0.2, 0.25) is 0 Å². The molecule has 1 saturated heterocycles. The number of carbonyl (C=O) groups excluding carboxylic acids is 1. The van der Waals surface area contributed by atoms with Gasteiger partial charge in [-0.1, -0.05) is 12.1 Å². The number of piperazine rings is 1. The summed E-state index contributed by atoms with van der Waals surface area (Å²) in [6, 6.07) is 17.2. The minimum absolute atomic E-state index is 0.00341. The molecule has 2 aromatic carbocycles. The minimum atomic E-state index is -0.00341. The first-order chi connectivity index (χ1) is 16.2. The van der Waals surface area contributed by atoms with Crippen LogP contribution in [0.15, 0.2) is 67.0 Å². The number of hydrogen-bond acceptors (Lipinski definition) is 6. The van der Waals surface area contributed by atoms with Crippen LogP contribution < -0.4 is 19.1 Å². The summed E-state index contributed by atoms with van der Waals surface area (Å²) in [6.45, 7) is 5.58. The minimum Gasteiger partial charge on any atom is -0.495 e. The third-order valence-corrected chi connectivity index (χ3v) is 5.63. The van der Waals surface area contributed by atoms with Crippen LogP contribution in [-0.4, -0.2) is 55.7 Å². The van der Waals surface area contributed by atoms with Gasteiger partial charge < -0.3 is 24.0 Å². The highest BCUT2D eigenvalue weighted by molar-refractivity contribution is 5.95. The number of carbonyl (C=O) groups is 1. The van der Waals surface area contributed by atoms with E-state index in [2.05, 4.69) is 16.0 Å². The Morgan fingerprint density at radius 3 is 2.39 bits per heavy atom. The van der Waals surface area contributed by atoms with E-state index >= 15 is 0 Å². The normalized spacial score (nSPS) is 13.5. The van der Waals surface area contributed by atoms with Gasteiger partial charge in [-0.3, -0.25) is 9.78 Å². The molecular formula is C26H29N3O4. The first-order valence-corrected chi connectivity index (χ1v) is 11.2. The lowest BCUT2D eigenvalue weighted by Gasteiger charge is -2.36. The topological polar surface area (TPSA) is 64.1 Å². The van der Waals surface area contributed by atoms with Crippen LogP contribution in [0.4, 0.5) is 5.69 Å². The van der Waals surface area contributed by atoms with Crippen LogP contribution in [0.25, 0.3) is 0 Å². The molecule has 3 aromatic rings. The maximum Gasteiger partial charge on any atom is 0.254 e. The fourth-order valence-corrected chi connectivity index (χ4v) is 3.89. The molecule has 1 amide bonds. The summed E-state index contributed by atoms with van der Waals surface area (Å²) in [7, 11) is 1.68. The summed E-state index contributed by atoms with van der Waals surface area (Å²) in [5.74, 6) is 2.04. The smallest absolute Gasteiger partial charge is 0.254 e. The van der Waals surface area contributed by atoms with E-state index < -0.39 is 0 Å². The molecule has 1 fully saturated rings. The molecule has 172 valence electrons. The van der Waals surface area contributed by atoms with E-state index in [1.54, 1.807) is 31.6 Å². The standard InChI is InChI=1S/C26H29N3O4/c1-3-32-25-18-21(8-9-24(25)33-19-20-10-12-27-13-11-20)26(30)29-16-14-28(15-17-29)22-6-4-5-7-23(22)31-2/h4-13,18H,3,14-17,19H2,1-2H3. The number of rotatable bonds is 8. The number of methoxy groups -OCH3 is 1. The number of amides is 1. The second-order valence-corrected chi connectivity index (χ2v) is 7.69. The SMILES string of the molecule is CCOc1cc(C(=O)N2CCN(c3ccccc3OC)CC2)ccc1OCc1ccncc1. The lowest BCUT2D eigenvalue weighted by Crippen LogP contribution is -2.48. The van der Waals surface area contributed by atoms with Crippen LogP contribution in [0.3, 0.4) is 0 Å². The highest BCUT2D eigenvalue weighted by Crippen LogP contribution is 2.31. The molecular weight excluding hydrogens is 418 g/mol. The largest absolute Gasteiger partial charge is 0.495 e. The summed E-state index contributed by atoms with van der Waals surface area (Å²) >= 11 is 0. The Morgan fingerprint density at radius 2 is 1.67 bits per heavy atom. The number of anilines is 1. The zero-order valence-corrected chi connectivity index (χ0v) is 19.1. The molecule has 0 atom stereocenters. The van der Waals surface area contributed by atoms with Gasteiger partial charge in [0.05, 0.1) is 19.4 Å². The molecule has 0 N–H and O–H groups in total. The van der Waals surface area contributed by atoms with E-state index in [9.17, 15) is 4.79 Å². The number of nitrogens with zero attached hydrogens (tertiary/aromatic N) is 3. The van der Waals surface area contributed by atoms with Gasteiger partial charge in [0.15, 0.2) is 11.5 Å². The molecule has 0 spiro atoms. The van der Waals surface area contributed by atoms with Gasteiger partial charge in [0.25, 0.3) is 5.91 Å². The van der Waals surface area contributed by atoms with Gasteiger partial charge in [0.2, 0.25) is 0 Å². The average Bonchev–Trinajstić information content (AvgIpc) is 2.88. The molecule has 1 aliphatic rings. The summed E-state index contributed by atoms with van der Waals surface area (Å²) in [4.78, 5) is 21.4. The summed E-state index contributed by atoms with van der Waals surface area (Å²) in [5, 5.41) is 0. The summed E-state index contributed by atoms with van der Waals surface area (Å²) < 4.78 is 17.2. The molecule has 2 heterocycles. The molecule has 0 aliphatic carbocycles.